The number of carbonyl (C=O) groups excluding carboxylic acids is 2. The number of nitrogens with zero attached hydrogens (tertiary/aromatic N) is 1. The molecule has 3 rings (SSSR count). The Morgan fingerprint density at radius 2 is 2.45 bits per heavy atom. The molecule has 1 aliphatic rings. The van der Waals surface area contributed by atoms with Gasteiger partial charge in [-0.15, -0.1) is 11.3 Å². The van der Waals surface area contributed by atoms with Crippen molar-refractivity contribution in [2.24, 2.45) is 0 Å². The molecule has 2 aromatic rings. The van der Waals surface area contributed by atoms with Crippen molar-refractivity contribution in [3.05, 3.63) is 29.7 Å². The molecule has 20 heavy (non-hydrogen) atoms. The Bertz CT molecular complexity index is 620. The van der Waals surface area contributed by atoms with E-state index in [1.54, 1.807) is 24.0 Å². The molecule has 2 aromatic heterocycles. The lowest BCUT2D eigenvalue weighted by Crippen LogP contribution is -2.42. The zero-order valence-electron chi connectivity index (χ0n) is 10.5. The third-order valence-corrected chi connectivity index (χ3v) is 3.86. The van der Waals surface area contributed by atoms with Crippen LogP contribution in [0.25, 0.3) is 10.6 Å². The van der Waals surface area contributed by atoms with E-state index in [9.17, 15) is 9.59 Å². The predicted octanol–water partition coefficient (Wildman–Crippen LogP) is 1.84. The molecule has 0 radical (unpaired) electrons. The molecule has 6 nitrogen and oxygen atoms in total. The fourth-order valence-electron chi connectivity index (χ4n) is 1.93. The van der Waals surface area contributed by atoms with E-state index < -0.39 is 12.1 Å². The summed E-state index contributed by atoms with van der Waals surface area (Å²) in [6, 6.07) is 1.77. The van der Waals surface area contributed by atoms with Crippen molar-refractivity contribution >= 4 is 23.2 Å². The third-order valence-electron chi connectivity index (χ3n) is 2.97. The number of amides is 1. The summed E-state index contributed by atoms with van der Waals surface area (Å²) >= 11 is 1.33. The van der Waals surface area contributed by atoms with Gasteiger partial charge in [-0.2, -0.15) is 0 Å². The van der Waals surface area contributed by atoms with Crippen molar-refractivity contribution in [1.82, 2.24) is 10.3 Å². The number of hydrogen-bond acceptors (Lipinski definition) is 6. The first-order valence-electron chi connectivity index (χ1n) is 6.21. The highest BCUT2D eigenvalue weighted by Crippen LogP contribution is 2.24. The molecular formula is C13H12N2O4S. The summed E-state index contributed by atoms with van der Waals surface area (Å²) in [5.41, 5.74) is 1.02. The molecule has 0 bridgehead atoms. The van der Waals surface area contributed by atoms with E-state index in [4.69, 9.17) is 9.15 Å². The molecule has 7 heteroatoms. The first kappa shape index (κ1) is 12.9. The van der Waals surface area contributed by atoms with Gasteiger partial charge in [0.2, 0.25) is 0 Å². The van der Waals surface area contributed by atoms with Crippen LogP contribution in [0.3, 0.4) is 0 Å². The van der Waals surface area contributed by atoms with Crippen molar-refractivity contribution in [3.8, 4) is 10.6 Å². The second kappa shape index (κ2) is 5.46. The van der Waals surface area contributed by atoms with E-state index in [1.165, 1.54) is 11.3 Å². The molecular weight excluding hydrogens is 280 g/mol. The van der Waals surface area contributed by atoms with E-state index in [-0.39, 0.29) is 11.6 Å². The van der Waals surface area contributed by atoms with Gasteiger partial charge in [0.15, 0.2) is 11.8 Å². The molecule has 0 saturated carbocycles. The standard InChI is InChI=1S/C13H12N2O4S/c16-11-10(2-1-4-14-11)19-13(17)9-7-20-12(15-9)8-3-5-18-6-8/h3,5-7,10H,1-2,4H2,(H,14,16). The van der Waals surface area contributed by atoms with Crippen LogP contribution < -0.4 is 5.32 Å². The molecule has 0 spiro atoms. The zero-order valence-corrected chi connectivity index (χ0v) is 11.3. The van der Waals surface area contributed by atoms with E-state index in [0.717, 1.165) is 12.0 Å². The zero-order chi connectivity index (χ0) is 13.9. The molecule has 0 aromatic carbocycles. The van der Waals surface area contributed by atoms with Crippen LogP contribution >= 0.6 is 11.3 Å². The van der Waals surface area contributed by atoms with Gasteiger partial charge < -0.3 is 14.5 Å². The number of carbonyl (C=O) groups is 2. The largest absolute Gasteiger partial charge is 0.472 e. The van der Waals surface area contributed by atoms with Crippen LogP contribution in [-0.2, 0) is 9.53 Å². The van der Waals surface area contributed by atoms with Crippen LogP contribution in [0.4, 0.5) is 0 Å². The molecule has 1 unspecified atom stereocenters. The van der Waals surface area contributed by atoms with Crippen LogP contribution in [0, 0.1) is 0 Å². The minimum atomic E-state index is -0.713. The summed E-state index contributed by atoms with van der Waals surface area (Å²) < 4.78 is 10.2. The fraction of sp³-hybridized carbons (Fsp3) is 0.308. The monoisotopic (exact) mass is 292 g/mol. The Labute approximate surface area is 118 Å². The first-order chi connectivity index (χ1) is 9.74. The highest BCUT2D eigenvalue weighted by molar-refractivity contribution is 7.13. The smallest absolute Gasteiger partial charge is 0.358 e. The summed E-state index contributed by atoms with van der Waals surface area (Å²) in [5, 5.41) is 4.97. The number of hydrogen-bond donors (Lipinski definition) is 1. The molecule has 104 valence electrons. The quantitative estimate of drug-likeness (QED) is 0.873. The molecule has 0 aliphatic carbocycles. The van der Waals surface area contributed by atoms with Gasteiger partial charge in [-0.05, 0) is 18.9 Å². The maximum absolute atomic E-state index is 12.0. The predicted molar refractivity (Wildman–Crippen MR) is 71.3 cm³/mol. The van der Waals surface area contributed by atoms with Crippen molar-refractivity contribution in [2.45, 2.75) is 18.9 Å². The van der Waals surface area contributed by atoms with Crippen LogP contribution in [0.5, 0.6) is 0 Å². The lowest BCUT2D eigenvalue weighted by Gasteiger charge is -2.21. The number of esters is 1. The molecule has 1 aliphatic heterocycles. The van der Waals surface area contributed by atoms with Gasteiger partial charge in [0.05, 0.1) is 6.26 Å². The topological polar surface area (TPSA) is 81.4 Å². The maximum atomic E-state index is 12.0. The fourth-order valence-corrected chi connectivity index (χ4v) is 2.71. The van der Waals surface area contributed by atoms with Crippen LogP contribution in [0.2, 0.25) is 0 Å². The maximum Gasteiger partial charge on any atom is 0.358 e. The van der Waals surface area contributed by atoms with Crippen molar-refractivity contribution in [1.29, 1.82) is 0 Å². The number of piperidine rings is 1. The number of aromatic nitrogens is 1. The molecule has 3 heterocycles. The van der Waals surface area contributed by atoms with Gasteiger partial charge in [0.1, 0.15) is 11.3 Å². The SMILES string of the molecule is O=C(OC1CCCNC1=O)c1csc(-c2ccoc2)n1. The normalized spacial score (nSPS) is 18.6. The number of furan rings is 1. The molecule has 1 amide bonds. The highest BCUT2D eigenvalue weighted by atomic mass is 32.1. The number of rotatable bonds is 3. The molecule has 1 fully saturated rings. The minimum Gasteiger partial charge on any atom is -0.472 e. The minimum absolute atomic E-state index is 0.213. The average molecular weight is 292 g/mol. The van der Waals surface area contributed by atoms with Gasteiger partial charge >= 0.3 is 5.97 Å². The lowest BCUT2D eigenvalue weighted by molar-refractivity contribution is -0.132. The van der Waals surface area contributed by atoms with Gasteiger partial charge in [-0.3, -0.25) is 4.79 Å². The third kappa shape index (κ3) is 2.57. The molecule has 1 N–H and O–H groups in total. The van der Waals surface area contributed by atoms with Crippen molar-refractivity contribution in [2.75, 3.05) is 6.54 Å². The van der Waals surface area contributed by atoms with Gasteiger partial charge in [0, 0.05) is 17.5 Å². The summed E-state index contributed by atoms with van der Waals surface area (Å²) in [5.74, 6) is -0.812. The van der Waals surface area contributed by atoms with Crippen LogP contribution in [0.1, 0.15) is 23.3 Å². The van der Waals surface area contributed by atoms with E-state index in [0.29, 0.717) is 18.0 Å². The molecule has 1 atom stereocenters. The first-order valence-corrected chi connectivity index (χ1v) is 7.09. The van der Waals surface area contributed by atoms with E-state index in [1.807, 2.05) is 0 Å². The molecule has 1 saturated heterocycles. The highest BCUT2D eigenvalue weighted by Gasteiger charge is 2.27. The summed E-state index contributed by atoms with van der Waals surface area (Å²) in [7, 11) is 0. The van der Waals surface area contributed by atoms with E-state index >= 15 is 0 Å². The van der Waals surface area contributed by atoms with Crippen molar-refractivity contribution < 1.29 is 18.7 Å². The van der Waals surface area contributed by atoms with E-state index in [2.05, 4.69) is 10.3 Å². The Kier molecular flexibility index (Phi) is 3.51. The summed E-state index contributed by atoms with van der Waals surface area (Å²) in [6.45, 7) is 0.633. The Balaban J connectivity index is 1.70. The Morgan fingerprint density at radius 1 is 1.55 bits per heavy atom. The number of ether oxygens (including phenoxy) is 1. The number of nitrogens with one attached hydrogen (secondary N) is 1. The summed E-state index contributed by atoms with van der Waals surface area (Å²) in [6.07, 6.45) is 3.75. The number of thiazole rings is 1. The lowest BCUT2D eigenvalue weighted by atomic mass is 10.1. The van der Waals surface area contributed by atoms with Crippen LogP contribution in [-0.4, -0.2) is 29.5 Å². The van der Waals surface area contributed by atoms with Gasteiger partial charge in [-0.25, -0.2) is 9.78 Å². The van der Waals surface area contributed by atoms with Gasteiger partial charge in [0.25, 0.3) is 5.91 Å². The summed E-state index contributed by atoms with van der Waals surface area (Å²) in [4.78, 5) is 27.7. The van der Waals surface area contributed by atoms with Gasteiger partial charge in [-0.1, -0.05) is 0 Å². The average Bonchev–Trinajstić information content (AvgIpc) is 3.11. The second-order valence-corrected chi connectivity index (χ2v) is 5.24. The Hall–Kier alpha value is -2.15. The second-order valence-electron chi connectivity index (χ2n) is 4.38. The Morgan fingerprint density at radius 3 is 3.20 bits per heavy atom. The van der Waals surface area contributed by atoms with Crippen molar-refractivity contribution in [3.63, 3.8) is 0 Å². The van der Waals surface area contributed by atoms with Crippen LogP contribution in [0.15, 0.2) is 28.4 Å².